The number of anilines is 1. The van der Waals surface area contributed by atoms with E-state index in [9.17, 15) is 9.18 Å². The quantitative estimate of drug-likeness (QED) is 0.842. The molecule has 0 fully saturated rings. The zero-order valence-electron chi connectivity index (χ0n) is 13.7. The fraction of sp³-hybridized carbons (Fsp3) is 0.316. The molecule has 0 atom stereocenters. The summed E-state index contributed by atoms with van der Waals surface area (Å²) >= 11 is 0. The molecule has 0 aromatic heterocycles. The third kappa shape index (κ3) is 5.40. The number of nitrogens with one attached hydrogen (secondary N) is 1. The fourth-order valence-corrected chi connectivity index (χ4v) is 2.34. The molecule has 0 unspecified atom stereocenters. The summed E-state index contributed by atoms with van der Waals surface area (Å²) in [5, 5.41) is 3.14. The van der Waals surface area contributed by atoms with Crippen molar-refractivity contribution in [2.24, 2.45) is 0 Å². The van der Waals surface area contributed by atoms with E-state index in [1.807, 2.05) is 12.1 Å². The first-order valence-corrected chi connectivity index (χ1v) is 7.89. The summed E-state index contributed by atoms with van der Waals surface area (Å²) in [5.41, 5.74) is 3.15. The van der Waals surface area contributed by atoms with E-state index in [0.717, 1.165) is 24.1 Å². The highest BCUT2D eigenvalue weighted by Crippen LogP contribution is 2.11. The smallest absolute Gasteiger partial charge is 0.241 e. The Morgan fingerprint density at radius 1 is 1.04 bits per heavy atom. The van der Waals surface area contributed by atoms with Crippen LogP contribution in [-0.4, -0.2) is 24.4 Å². The lowest BCUT2D eigenvalue weighted by atomic mass is 10.1. The Balaban J connectivity index is 1.82. The topological polar surface area (TPSA) is 32.3 Å². The normalized spacial score (nSPS) is 10.4. The predicted molar refractivity (Wildman–Crippen MR) is 91.8 cm³/mol. The SMILES string of the molecule is CCCc1ccc(NCC(=O)N(C)Cc2ccc(F)cc2)cc1. The Labute approximate surface area is 137 Å². The Morgan fingerprint density at radius 2 is 1.65 bits per heavy atom. The van der Waals surface area contributed by atoms with Gasteiger partial charge in [0.15, 0.2) is 0 Å². The third-order valence-corrected chi connectivity index (χ3v) is 3.70. The van der Waals surface area contributed by atoms with E-state index in [-0.39, 0.29) is 18.3 Å². The number of rotatable bonds is 7. The molecule has 4 heteroatoms. The summed E-state index contributed by atoms with van der Waals surface area (Å²) in [4.78, 5) is 13.8. The minimum Gasteiger partial charge on any atom is -0.376 e. The van der Waals surface area contributed by atoms with Crippen LogP contribution in [0.4, 0.5) is 10.1 Å². The molecule has 2 rings (SSSR count). The third-order valence-electron chi connectivity index (χ3n) is 3.70. The van der Waals surface area contributed by atoms with Crippen molar-refractivity contribution in [3.63, 3.8) is 0 Å². The first-order valence-electron chi connectivity index (χ1n) is 7.89. The molecule has 0 aliphatic rings. The van der Waals surface area contributed by atoms with E-state index in [2.05, 4.69) is 24.4 Å². The zero-order chi connectivity index (χ0) is 16.7. The molecular weight excluding hydrogens is 291 g/mol. The van der Waals surface area contributed by atoms with Crippen molar-refractivity contribution < 1.29 is 9.18 Å². The minimum atomic E-state index is -0.268. The van der Waals surface area contributed by atoms with Crippen molar-refractivity contribution in [1.29, 1.82) is 0 Å². The second-order valence-electron chi connectivity index (χ2n) is 5.68. The zero-order valence-corrected chi connectivity index (χ0v) is 13.7. The monoisotopic (exact) mass is 314 g/mol. The molecule has 2 aromatic carbocycles. The van der Waals surface area contributed by atoms with Gasteiger partial charge in [-0.25, -0.2) is 4.39 Å². The number of aryl methyl sites for hydroxylation is 1. The number of nitrogens with zero attached hydrogens (tertiary/aromatic N) is 1. The molecular formula is C19H23FN2O. The van der Waals surface area contributed by atoms with Gasteiger partial charge in [0.05, 0.1) is 6.54 Å². The van der Waals surface area contributed by atoms with Gasteiger partial charge >= 0.3 is 0 Å². The highest BCUT2D eigenvalue weighted by atomic mass is 19.1. The molecule has 0 bridgehead atoms. The van der Waals surface area contributed by atoms with Crippen molar-refractivity contribution in [1.82, 2.24) is 4.90 Å². The van der Waals surface area contributed by atoms with Gasteiger partial charge in [0, 0.05) is 19.3 Å². The molecule has 0 aliphatic carbocycles. The molecule has 0 saturated carbocycles. The minimum absolute atomic E-state index is 0.00744. The number of carbonyl (C=O) groups excluding carboxylic acids is 1. The second kappa shape index (κ2) is 8.32. The van der Waals surface area contributed by atoms with Crippen LogP contribution in [0.2, 0.25) is 0 Å². The molecule has 0 spiro atoms. The Kier molecular flexibility index (Phi) is 6.15. The van der Waals surface area contributed by atoms with Crippen molar-refractivity contribution in [2.75, 3.05) is 18.9 Å². The predicted octanol–water partition coefficient (Wildman–Crippen LogP) is 3.85. The standard InChI is InChI=1S/C19H23FN2O/c1-3-4-15-7-11-18(12-8-15)21-13-19(23)22(2)14-16-5-9-17(20)10-6-16/h5-12,21H,3-4,13-14H2,1-2H3. The fourth-order valence-electron chi connectivity index (χ4n) is 2.34. The van der Waals surface area contributed by atoms with Crippen molar-refractivity contribution >= 4 is 11.6 Å². The van der Waals surface area contributed by atoms with Crippen LogP contribution in [0.15, 0.2) is 48.5 Å². The van der Waals surface area contributed by atoms with Crippen LogP contribution in [0.5, 0.6) is 0 Å². The molecule has 0 aliphatic heterocycles. The van der Waals surface area contributed by atoms with Crippen molar-refractivity contribution in [3.8, 4) is 0 Å². The molecule has 1 amide bonds. The Hall–Kier alpha value is -2.36. The number of likely N-dealkylation sites (N-methyl/N-ethyl adjacent to an activating group) is 1. The molecule has 0 radical (unpaired) electrons. The first kappa shape index (κ1) is 17.0. The number of benzene rings is 2. The van der Waals surface area contributed by atoms with Gasteiger partial charge in [0.2, 0.25) is 5.91 Å². The summed E-state index contributed by atoms with van der Waals surface area (Å²) in [7, 11) is 1.75. The highest BCUT2D eigenvalue weighted by molar-refractivity contribution is 5.80. The van der Waals surface area contributed by atoms with Gasteiger partial charge in [-0.05, 0) is 41.8 Å². The lowest BCUT2D eigenvalue weighted by Gasteiger charge is -2.18. The summed E-state index contributed by atoms with van der Waals surface area (Å²) < 4.78 is 12.9. The van der Waals surface area contributed by atoms with Crippen LogP contribution in [0.25, 0.3) is 0 Å². The van der Waals surface area contributed by atoms with Crippen LogP contribution < -0.4 is 5.32 Å². The van der Waals surface area contributed by atoms with E-state index in [4.69, 9.17) is 0 Å². The lowest BCUT2D eigenvalue weighted by molar-refractivity contribution is -0.128. The summed E-state index contributed by atoms with van der Waals surface area (Å²) in [6.45, 7) is 2.86. The van der Waals surface area contributed by atoms with E-state index in [1.54, 1.807) is 24.1 Å². The van der Waals surface area contributed by atoms with Gasteiger partial charge < -0.3 is 10.2 Å². The maximum atomic E-state index is 12.9. The largest absolute Gasteiger partial charge is 0.376 e. The van der Waals surface area contributed by atoms with E-state index in [0.29, 0.717) is 6.54 Å². The molecule has 122 valence electrons. The maximum Gasteiger partial charge on any atom is 0.241 e. The summed E-state index contributed by atoms with van der Waals surface area (Å²) in [6.07, 6.45) is 2.19. The van der Waals surface area contributed by atoms with E-state index in [1.165, 1.54) is 17.7 Å². The summed E-state index contributed by atoms with van der Waals surface area (Å²) in [6, 6.07) is 14.4. The number of carbonyl (C=O) groups is 1. The molecule has 3 nitrogen and oxygen atoms in total. The van der Waals surface area contributed by atoms with Gasteiger partial charge in [-0.3, -0.25) is 4.79 Å². The summed E-state index contributed by atoms with van der Waals surface area (Å²) in [5.74, 6) is -0.275. The van der Waals surface area contributed by atoms with Crippen LogP contribution in [0, 0.1) is 5.82 Å². The van der Waals surface area contributed by atoms with Crippen LogP contribution in [0.3, 0.4) is 0 Å². The number of amides is 1. The molecule has 2 aromatic rings. The average Bonchev–Trinajstić information content (AvgIpc) is 2.56. The van der Waals surface area contributed by atoms with E-state index >= 15 is 0 Å². The highest BCUT2D eigenvalue weighted by Gasteiger charge is 2.09. The van der Waals surface area contributed by atoms with Gasteiger partial charge in [0.25, 0.3) is 0 Å². The van der Waals surface area contributed by atoms with Gasteiger partial charge in [0.1, 0.15) is 5.82 Å². The number of hydrogen-bond acceptors (Lipinski definition) is 2. The first-order chi connectivity index (χ1) is 11.1. The van der Waals surface area contributed by atoms with Gasteiger partial charge in [-0.2, -0.15) is 0 Å². The molecule has 23 heavy (non-hydrogen) atoms. The second-order valence-corrected chi connectivity index (χ2v) is 5.68. The van der Waals surface area contributed by atoms with Crippen molar-refractivity contribution in [2.45, 2.75) is 26.3 Å². The van der Waals surface area contributed by atoms with Crippen LogP contribution >= 0.6 is 0 Å². The maximum absolute atomic E-state index is 12.9. The average molecular weight is 314 g/mol. The van der Waals surface area contributed by atoms with Crippen LogP contribution in [0.1, 0.15) is 24.5 Å². The van der Waals surface area contributed by atoms with Crippen molar-refractivity contribution in [3.05, 3.63) is 65.5 Å². The molecule has 0 saturated heterocycles. The Bertz CT molecular complexity index is 623. The van der Waals surface area contributed by atoms with Crippen LogP contribution in [-0.2, 0) is 17.8 Å². The molecule has 1 N–H and O–H groups in total. The van der Waals surface area contributed by atoms with E-state index < -0.39 is 0 Å². The number of hydrogen-bond donors (Lipinski definition) is 1. The lowest BCUT2D eigenvalue weighted by Crippen LogP contribution is -2.31. The number of halogens is 1. The Morgan fingerprint density at radius 3 is 2.26 bits per heavy atom. The van der Waals surface area contributed by atoms with Gasteiger partial charge in [-0.1, -0.05) is 37.6 Å². The molecule has 0 heterocycles. The van der Waals surface area contributed by atoms with Gasteiger partial charge in [-0.15, -0.1) is 0 Å².